The molecule has 0 fully saturated rings. The molecule has 0 unspecified atom stereocenters. The van der Waals surface area contributed by atoms with Gasteiger partial charge in [0.2, 0.25) is 0 Å². The molecule has 0 saturated carbocycles. The minimum atomic E-state index is -0.345. The summed E-state index contributed by atoms with van der Waals surface area (Å²) in [5.74, 6) is 0.201. The molecule has 0 aromatic heterocycles. The molecule has 2 rings (SSSR count). The lowest BCUT2D eigenvalue weighted by atomic mass is 10.1. The molecule has 0 bridgehead atoms. The average molecular weight is 241 g/mol. The molecule has 0 atom stereocenters. The van der Waals surface area contributed by atoms with E-state index < -0.39 is 0 Å². The van der Waals surface area contributed by atoms with Crippen molar-refractivity contribution < 1.29 is 9.53 Å². The topological polar surface area (TPSA) is 52.3 Å². The Labute approximate surface area is 106 Å². The third-order valence-corrected chi connectivity index (χ3v) is 2.70. The van der Waals surface area contributed by atoms with Crippen LogP contribution in [0.4, 0.5) is 0 Å². The van der Waals surface area contributed by atoms with Crippen LogP contribution in [0.25, 0.3) is 0 Å². The predicted octanol–water partition coefficient (Wildman–Crippen LogP) is 2.67. The van der Waals surface area contributed by atoms with Crippen molar-refractivity contribution in [2.24, 2.45) is 5.73 Å². The number of ether oxygens (including phenoxy) is 1. The van der Waals surface area contributed by atoms with E-state index in [-0.39, 0.29) is 5.97 Å². The van der Waals surface area contributed by atoms with Crippen LogP contribution in [0.5, 0.6) is 5.75 Å². The number of aryl methyl sites for hydroxylation is 1. The van der Waals surface area contributed by atoms with Crippen LogP contribution in [0.2, 0.25) is 0 Å². The average Bonchev–Trinajstić information content (AvgIpc) is 2.39. The lowest BCUT2D eigenvalue weighted by Gasteiger charge is -2.07. The van der Waals surface area contributed by atoms with Crippen molar-refractivity contribution in [3.63, 3.8) is 0 Å². The Balaban J connectivity index is 2.19. The van der Waals surface area contributed by atoms with Crippen molar-refractivity contribution in [3.8, 4) is 5.75 Å². The number of hydrogen-bond acceptors (Lipinski definition) is 3. The number of nitrogens with two attached hydrogens (primary N) is 1. The van der Waals surface area contributed by atoms with Gasteiger partial charge in [0.1, 0.15) is 5.75 Å². The van der Waals surface area contributed by atoms with Crippen molar-refractivity contribution in [2.75, 3.05) is 0 Å². The highest BCUT2D eigenvalue weighted by molar-refractivity contribution is 5.92. The van der Waals surface area contributed by atoms with Gasteiger partial charge in [-0.05, 0) is 36.2 Å². The Morgan fingerprint density at radius 1 is 1.17 bits per heavy atom. The Hall–Kier alpha value is -2.13. The van der Waals surface area contributed by atoms with E-state index in [1.807, 2.05) is 37.3 Å². The first-order valence-corrected chi connectivity index (χ1v) is 5.77. The van der Waals surface area contributed by atoms with E-state index in [9.17, 15) is 4.79 Å². The third-order valence-electron chi connectivity index (χ3n) is 2.70. The third kappa shape index (κ3) is 2.76. The number of carbonyl (C=O) groups is 1. The molecule has 3 heteroatoms. The maximum atomic E-state index is 12.0. The van der Waals surface area contributed by atoms with Crippen LogP contribution in [0.3, 0.4) is 0 Å². The zero-order valence-corrected chi connectivity index (χ0v) is 10.2. The van der Waals surface area contributed by atoms with Crippen molar-refractivity contribution in [3.05, 3.63) is 65.2 Å². The Morgan fingerprint density at radius 2 is 1.89 bits per heavy atom. The zero-order chi connectivity index (χ0) is 13.0. The lowest BCUT2D eigenvalue weighted by Crippen LogP contribution is -2.10. The molecule has 0 saturated heterocycles. The minimum Gasteiger partial charge on any atom is -0.423 e. The molecule has 2 aromatic rings. The number of benzene rings is 2. The number of carbonyl (C=O) groups excluding carboxylic acids is 1. The molecular formula is C15H15NO2. The summed E-state index contributed by atoms with van der Waals surface area (Å²) in [6.07, 6.45) is 0. The van der Waals surface area contributed by atoms with E-state index >= 15 is 0 Å². The van der Waals surface area contributed by atoms with Gasteiger partial charge in [-0.1, -0.05) is 30.3 Å². The molecule has 0 radical (unpaired) electrons. The summed E-state index contributed by atoms with van der Waals surface area (Å²) in [5.41, 5.74) is 8.00. The first-order chi connectivity index (χ1) is 8.70. The number of rotatable bonds is 3. The van der Waals surface area contributed by atoms with E-state index in [1.165, 1.54) is 0 Å². The highest BCUT2D eigenvalue weighted by Gasteiger charge is 2.11. The molecule has 3 nitrogen and oxygen atoms in total. The Bertz CT molecular complexity index is 550. The van der Waals surface area contributed by atoms with Gasteiger partial charge in [0.05, 0.1) is 5.56 Å². The maximum absolute atomic E-state index is 12.0. The van der Waals surface area contributed by atoms with Crippen molar-refractivity contribution >= 4 is 5.97 Å². The van der Waals surface area contributed by atoms with E-state index in [0.717, 1.165) is 11.1 Å². The highest BCUT2D eigenvalue weighted by atomic mass is 16.5. The predicted molar refractivity (Wildman–Crippen MR) is 70.5 cm³/mol. The normalized spacial score (nSPS) is 10.1. The largest absolute Gasteiger partial charge is 0.423 e. The van der Waals surface area contributed by atoms with Gasteiger partial charge < -0.3 is 10.5 Å². The summed E-state index contributed by atoms with van der Waals surface area (Å²) in [7, 11) is 0. The molecule has 92 valence electrons. The lowest BCUT2D eigenvalue weighted by molar-refractivity contribution is 0.0734. The molecule has 0 amide bonds. The second-order valence-corrected chi connectivity index (χ2v) is 4.06. The van der Waals surface area contributed by atoms with Crippen LogP contribution in [-0.2, 0) is 6.54 Å². The smallest absolute Gasteiger partial charge is 0.343 e. The number of esters is 1. The molecule has 2 aromatic carbocycles. The first kappa shape index (κ1) is 12.3. The Morgan fingerprint density at radius 3 is 2.50 bits per heavy atom. The molecule has 18 heavy (non-hydrogen) atoms. The van der Waals surface area contributed by atoms with E-state index in [4.69, 9.17) is 10.5 Å². The van der Waals surface area contributed by atoms with E-state index in [0.29, 0.717) is 17.9 Å². The van der Waals surface area contributed by atoms with Crippen molar-refractivity contribution in [2.45, 2.75) is 13.5 Å². The second-order valence-electron chi connectivity index (χ2n) is 4.06. The molecule has 2 N–H and O–H groups in total. The SMILES string of the molecule is Cc1cc(CN)ccc1C(=O)Oc1ccccc1. The summed E-state index contributed by atoms with van der Waals surface area (Å²) >= 11 is 0. The van der Waals surface area contributed by atoms with Gasteiger partial charge in [0, 0.05) is 6.54 Å². The molecule has 0 heterocycles. The highest BCUT2D eigenvalue weighted by Crippen LogP contribution is 2.15. The number of hydrogen-bond donors (Lipinski definition) is 1. The van der Waals surface area contributed by atoms with Crippen LogP contribution >= 0.6 is 0 Å². The van der Waals surface area contributed by atoms with Crippen LogP contribution < -0.4 is 10.5 Å². The summed E-state index contributed by atoms with van der Waals surface area (Å²) in [6.45, 7) is 2.34. The van der Waals surface area contributed by atoms with Crippen LogP contribution in [-0.4, -0.2) is 5.97 Å². The fourth-order valence-electron chi connectivity index (χ4n) is 1.73. The van der Waals surface area contributed by atoms with Crippen molar-refractivity contribution in [1.29, 1.82) is 0 Å². The van der Waals surface area contributed by atoms with Gasteiger partial charge >= 0.3 is 5.97 Å². The van der Waals surface area contributed by atoms with Gasteiger partial charge in [0.15, 0.2) is 0 Å². The van der Waals surface area contributed by atoms with Gasteiger partial charge in [-0.3, -0.25) is 0 Å². The summed E-state index contributed by atoms with van der Waals surface area (Å²) < 4.78 is 5.28. The van der Waals surface area contributed by atoms with Crippen LogP contribution in [0, 0.1) is 6.92 Å². The molecule has 0 aliphatic carbocycles. The maximum Gasteiger partial charge on any atom is 0.343 e. The Kier molecular flexibility index (Phi) is 3.75. The fraction of sp³-hybridized carbons (Fsp3) is 0.133. The monoisotopic (exact) mass is 241 g/mol. The van der Waals surface area contributed by atoms with Crippen LogP contribution in [0.15, 0.2) is 48.5 Å². The summed E-state index contributed by atoms with van der Waals surface area (Å²) in [5, 5.41) is 0. The van der Waals surface area contributed by atoms with Gasteiger partial charge in [-0.25, -0.2) is 4.79 Å². The molecular weight excluding hydrogens is 226 g/mol. The van der Waals surface area contributed by atoms with Gasteiger partial charge in [0.25, 0.3) is 0 Å². The van der Waals surface area contributed by atoms with E-state index in [2.05, 4.69) is 0 Å². The van der Waals surface area contributed by atoms with Gasteiger partial charge in [-0.15, -0.1) is 0 Å². The minimum absolute atomic E-state index is 0.345. The summed E-state index contributed by atoms with van der Waals surface area (Å²) in [6, 6.07) is 14.5. The molecule has 0 spiro atoms. The quantitative estimate of drug-likeness (QED) is 0.664. The summed E-state index contributed by atoms with van der Waals surface area (Å²) in [4.78, 5) is 12.0. The second kappa shape index (κ2) is 5.47. The molecule has 0 aliphatic heterocycles. The first-order valence-electron chi connectivity index (χ1n) is 5.77. The van der Waals surface area contributed by atoms with E-state index in [1.54, 1.807) is 18.2 Å². The van der Waals surface area contributed by atoms with Crippen molar-refractivity contribution in [1.82, 2.24) is 0 Å². The van der Waals surface area contributed by atoms with Crippen LogP contribution in [0.1, 0.15) is 21.5 Å². The van der Waals surface area contributed by atoms with Gasteiger partial charge in [-0.2, -0.15) is 0 Å². The number of para-hydroxylation sites is 1. The zero-order valence-electron chi connectivity index (χ0n) is 10.2. The fourth-order valence-corrected chi connectivity index (χ4v) is 1.73. The standard InChI is InChI=1S/C15H15NO2/c1-11-9-12(10-16)7-8-14(11)15(17)18-13-5-3-2-4-6-13/h2-9H,10,16H2,1H3. The molecule has 0 aliphatic rings.